The minimum Gasteiger partial charge on any atom is -0.386 e. The Labute approximate surface area is 109 Å². The first kappa shape index (κ1) is 14.5. The molecule has 1 aromatic carbocycles. The van der Waals surface area contributed by atoms with Crippen LogP contribution in [0.2, 0.25) is 0 Å². The lowest BCUT2D eigenvalue weighted by Crippen LogP contribution is -2.32. The van der Waals surface area contributed by atoms with Crippen molar-refractivity contribution in [2.45, 2.75) is 32.8 Å². The zero-order valence-electron chi connectivity index (χ0n) is 11.2. The first-order valence-electron chi connectivity index (χ1n) is 6.42. The molecule has 4 heteroatoms. The van der Waals surface area contributed by atoms with E-state index in [-0.39, 0.29) is 6.54 Å². The van der Waals surface area contributed by atoms with Gasteiger partial charge in [-0.15, -0.1) is 0 Å². The highest BCUT2D eigenvalue weighted by Crippen LogP contribution is 2.14. The van der Waals surface area contributed by atoms with Gasteiger partial charge in [-0.2, -0.15) is 0 Å². The fraction of sp³-hybridized carbons (Fsp3) is 0.500. The number of unbranched alkanes of at least 4 members (excludes halogenated alkanes) is 1. The molecule has 4 N–H and O–H groups in total. The van der Waals surface area contributed by atoms with Crippen LogP contribution in [0.15, 0.2) is 29.3 Å². The molecule has 100 valence electrons. The van der Waals surface area contributed by atoms with Crippen LogP contribution in [0.4, 0.5) is 0 Å². The van der Waals surface area contributed by atoms with E-state index in [1.54, 1.807) is 0 Å². The van der Waals surface area contributed by atoms with E-state index in [2.05, 4.69) is 17.2 Å². The van der Waals surface area contributed by atoms with Crippen molar-refractivity contribution in [2.75, 3.05) is 13.1 Å². The number of nitrogens with one attached hydrogen (secondary N) is 1. The minimum atomic E-state index is -0.601. The predicted octanol–water partition coefficient (Wildman–Crippen LogP) is 1.73. The molecular formula is C14H23N3O. The molecule has 0 amide bonds. The van der Waals surface area contributed by atoms with E-state index < -0.39 is 6.10 Å². The van der Waals surface area contributed by atoms with E-state index in [1.165, 1.54) is 0 Å². The number of benzene rings is 1. The zero-order chi connectivity index (χ0) is 13.4. The number of hydrogen-bond donors (Lipinski definition) is 3. The molecule has 0 radical (unpaired) electrons. The van der Waals surface area contributed by atoms with E-state index >= 15 is 0 Å². The molecule has 4 nitrogen and oxygen atoms in total. The van der Waals surface area contributed by atoms with Crippen molar-refractivity contribution in [1.29, 1.82) is 0 Å². The third kappa shape index (κ3) is 5.19. The molecule has 0 aliphatic carbocycles. The van der Waals surface area contributed by atoms with Crippen LogP contribution in [0, 0.1) is 6.92 Å². The highest BCUT2D eigenvalue weighted by atomic mass is 16.3. The number of nitrogens with two attached hydrogens (primary N) is 1. The Bertz CT molecular complexity index is 390. The monoisotopic (exact) mass is 249 g/mol. The van der Waals surface area contributed by atoms with Crippen LogP contribution in [0.5, 0.6) is 0 Å². The highest BCUT2D eigenvalue weighted by Gasteiger charge is 2.06. The largest absolute Gasteiger partial charge is 0.386 e. The Morgan fingerprint density at radius 1 is 1.50 bits per heavy atom. The Balaban J connectivity index is 2.44. The van der Waals surface area contributed by atoms with Gasteiger partial charge < -0.3 is 16.2 Å². The van der Waals surface area contributed by atoms with Crippen molar-refractivity contribution in [3.63, 3.8) is 0 Å². The second kappa shape index (κ2) is 7.71. The van der Waals surface area contributed by atoms with Crippen LogP contribution in [-0.4, -0.2) is 24.2 Å². The molecule has 0 bridgehead atoms. The van der Waals surface area contributed by atoms with Crippen molar-refractivity contribution in [3.05, 3.63) is 35.4 Å². The van der Waals surface area contributed by atoms with Crippen LogP contribution in [-0.2, 0) is 0 Å². The first-order chi connectivity index (χ1) is 8.63. The topological polar surface area (TPSA) is 70.6 Å². The van der Waals surface area contributed by atoms with Gasteiger partial charge >= 0.3 is 0 Å². The van der Waals surface area contributed by atoms with Crippen LogP contribution in [0.1, 0.15) is 37.0 Å². The molecule has 0 saturated carbocycles. The van der Waals surface area contributed by atoms with Gasteiger partial charge in [0.1, 0.15) is 0 Å². The molecule has 1 unspecified atom stereocenters. The standard InChI is InChI=1S/C14H23N3O/c1-3-4-8-16-14(15)17-10-13(18)12-7-5-6-11(2)9-12/h5-7,9,13,18H,3-4,8,10H2,1-2H3,(H3,15,16,17). The van der Waals surface area contributed by atoms with Crippen molar-refractivity contribution in [3.8, 4) is 0 Å². The van der Waals surface area contributed by atoms with E-state index in [0.717, 1.165) is 30.5 Å². The highest BCUT2D eigenvalue weighted by molar-refractivity contribution is 5.77. The van der Waals surface area contributed by atoms with Crippen molar-refractivity contribution in [2.24, 2.45) is 10.7 Å². The summed E-state index contributed by atoms with van der Waals surface area (Å²) in [7, 11) is 0. The maximum atomic E-state index is 9.98. The van der Waals surface area contributed by atoms with Crippen molar-refractivity contribution < 1.29 is 5.11 Å². The summed E-state index contributed by atoms with van der Waals surface area (Å²) in [5.41, 5.74) is 7.70. The number of nitrogens with zero attached hydrogens (tertiary/aromatic N) is 1. The SMILES string of the molecule is CCCCNC(N)=NCC(O)c1cccc(C)c1. The summed E-state index contributed by atoms with van der Waals surface area (Å²) in [5.74, 6) is 0.398. The number of aliphatic hydroxyl groups is 1. The van der Waals surface area contributed by atoms with E-state index in [9.17, 15) is 5.11 Å². The third-order valence-electron chi connectivity index (χ3n) is 2.70. The molecule has 0 fully saturated rings. The number of guanidine groups is 1. The minimum absolute atomic E-state index is 0.286. The Kier molecular flexibility index (Phi) is 6.22. The fourth-order valence-corrected chi connectivity index (χ4v) is 1.62. The average Bonchev–Trinajstić information content (AvgIpc) is 2.36. The van der Waals surface area contributed by atoms with E-state index in [0.29, 0.717) is 5.96 Å². The van der Waals surface area contributed by atoms with Gasteiger partial charge in [-0.3, -0.25) is 4.99 Å². The summed E-state index contributed by atoms with van der Waals surface area (Å²) in [6, 6.07) is 7.79. The summed E-state index contributed by atoms with van der Waals surface area (Å²) < 4.78 is 0. The molecule has 0 heterocycles. The number of hydrogen-bond acceptors (Lipinski definition) is 2. The second-order valence-electron chi connectivity index (χ2n) is 4.44. The molecule has 0 saturated heterocycles. The third-order valence-corrected chi connectivity index (χ3v) is 2.70. The maximum Gasteiger partial charge on any atom is 0.188 e. The van der Waals surface area contributed by atoms with Gasteiger partial charge in [0, 0.05) is 6.54 Å². The summed E-state index contributed by atoms with van der Waals surface area (Å²) in [5, 5.41) is 13.0. The molecule has 0 aliphatic rings. The first-order valence-corrected chi connectivity index (χ1v) is 6.42. The molecule has 1 rings (SSSR count). The lowest BCUT2D eigenvalue weighted by atomic mass is 10.1. The molecule has 0 aromatic heterocycles. The Hall–Kier alpha value is -1.55. The number of aliphatic imine (C=N–C) groups is 1. The summed E-state index contributed by atoms with van der Waals surface area (Å²) in [4.78, 5) is 4.14. The lowest BCUT2D eigenvalue weighted by Gasteiger charge is -2.10. The second-order valence-corrected chi connectivity index (χ2v) is 4.44. The molecule has 1 aromatic rings. The van der Waals surface area contributed by atoms with Crippen LogP contribution in [0.25, 0.3) is 0 Å². The number of rotatable bonds is 6. The van der Waals surface area contributed by atoms with E-state index in [1.807, 2.05) is 31.2 Å². The Morgan fingerprint density at radius 3 is 2.94 bits per heavy atom. The average molecular weight is 249 g/mol. The van der Waals surface area contributed by atoms with Gasteiger partial charge in [0.05, 0.1) is 12.6 Å². The van der Waals surface area contributed by atoms with Crippen LogP contribution < -0.4 is 11.1 Å². The normalized spacial score (nSPS) is 13.4. The summed E-state index contributed by atoms with van der Waals surface area (Å²) in [6.45, 7) is 5.23. The summed E-state index contributed by atoms with van der Waals surface area (Å²) in [6.07, 6.45) is 1.58. The predicted molar refractivity (Wildman–Crippen MR) is 75.5 cm³/mol. The van der Waals surface area contributed by atoms with Crippen molar-refractivity contribution in [1.82, 2.24) is 5.32 Å². The quantitative estimate of drug-likeness (QED) is 0.408. The molecular weight excluding hydrogens is 226 g/mol. The van der Waals surface area contributed by atoms with Crippen LogP contribution in [0.3, 0.4) is 0 Å². The van der Waals surface area contributed by atoms with Gasteiger partial charge in [0.2, 0.25) is 0 Å². The van der Waals surface area contributed by atoms with Crippen molar-refractivity contribution >= 4 is 5.96 Å². The molecule has 0 spiro atoms. The zero-order valence-corrected chi connectivity index (χ0v) is 11.2. The summed E-state index contributed by atoms with van der Waals surface area (Å²) >= 11 is 0. The van der Waals surface area contributed by atoms with Gasteiger partial charge in [-0.25, -0.2) is 0 Å². The Morgan fingerprint density at radius 2 is 2.28 bits per heavy atom. The number of aryl methyl sites for hydroxylation is 1. The molecule has 1 atom stereocenters. The molecule has 18 heavy (non-hydrogen) atoms. The van der Waals surface area contributed by atoms with Gasteiger partial charge in [-0.1, -0.05) is 43.2 Å². The maximum absolute atomic E-state index is 9.98. The van der Waals surface area contributed by atoms with Gasteiger partial charge in [-0.05, 0) is 18.9 Å². The van der Waals surface area contributed by atoms with Gasteiger partial charge in [0.25, 0.3) is 0 Å². The lowest BCUT2D eigenvalue weighted by molar-refractivity contribution is 0.187. The number of aliphatic hydroxyl groups excluding tert-OH is 1. The van der Waals surface area contributed by atoms with Gasteiger partial charge in [0.15, 0.2) is 5.96 Å². The smallest absolute Gasteiger partial charge is 0.188 e. The van der Waals surface area contributed by atoms with Crippen LogP contribution >= 0.6 is 0 Å². The molecule has 0 aliphatic heterocycles. The fourth-order valence-electron chi connectivity index (χ4n) is 1.62. The van der Waals surface area contributed by atoms with E-state index in [4.69, 9.17) is 5.73 Å².